The summed E-state index contributed by atoms with van der Waals surface area (Å²) < 4.78 is 2.62. The second kappa shape index (κ2) is 7.80. The van der Waals surface area contributed by atoms with Crippen LogP contribution in [0.15, 0.2) is 53.0 Å². The zero-order valence-corrected chi connectivity index (χ0v) is 15.9. The number of carbonyl (C=O) groups is 1. The summed E-state index contributed by atoms with van der Waals surface area (Å²) in [6.07, 6.45) is 0.850. The van der Waals surface area contributed by atoms with Crippen molar-refractivity contribution in [2.75, 3.05) is 6.54 Å². The first kappa shape index (κ1) is 17.6. The van der Waals surface area contributed by atoms with Crippen LogP contribution in [-0.4, -0.2) is 27.2 Å². The highest BCUT2D eigenvalue weighted by Crippen LogP contribution is 2.24. The minimum atomic E-state index is -0.284. The number of amides is 1. The van der Waals surface area contributed by atoms with Gasteiger partial charge in [0.1, 0.15) is 0 Å². The van der Waals surface area contributed by atoms with Crippen molar-refractivity contribution in [3.63, 3.8) is 0 Å². The molecule has 0 saturated carbocycles. The third kappa shape index (κ3) is 4.08. The zero-order chi connectivity index (χ0) is 17.8. The van der Waals surface area contributed by atoms with Crippen molar-refractivity contribution in [3.8, 4) is 17.1 Å². The lowest BCUT2D eigenvalue weighted by molar-refractivity contribution is 0.0943. The second-order valence-electron chi connectivity index (χ2n) is 5.41. The Hall–Kier alpha value is -2.18. The number of hydrogen-bond donors (Lipinski definition) is 1. The summed E-state index contributed by atoms with van der Waals surface area (Å²) in [6.45, 7) is 2.58. The van der Waals surface area contributed by atoms with Crippen LogP contribution in [0.5, 0.6) is 0 Å². The van der Waals surface area contributed by atoms with Crippen molar-refractivity contribution in [3.05, 3.63) is 63.9 Å². The normalized spacial score (nSPS) is 10.7. The van der Waals surface area contributed by atoms with E-state index in [0.717, 1.165) is 22.1 Å². The summed E-state index contributed by atoms with van der Waals surface area (Å²) in [6, 6.07) is 14.9. The minimum absolute atomic E-state index is 0.140. The van der Waals surface area contributed by atoms with Gasteiger partial charge < -0.3 is 5.32 Å². The third-order valence-corrected chi connectivity index (χ3v) is 4.30. The van der Waals surface area contributed by atoms with E-state index in [-0.39, 0.29) is 11.7 Å². The molecule has 0 aliphatic heterocycles. The number of aromatic nitrogens is 3. The molecule has 2 aromatic carbocycles. The molecule has 0 unspecified atom stereocenters. The maximum Gasteiger partial charge on any atom is 0.290 e. The molecule has 0 atom stereocenters. The van der Waals surface area contributed by atoms with Crippen molar-refractivity contribution >= 4 is 33.4 Å². The fraction of sp³-hybridized carbons (Fsp3) is 0.167. The lowest BCUT2D eigenvalue weighted by atomic mass is 10.2. The SMILES string of the molecule is CCCNC(=O)c1nc(-c2ccc(Br)cc2)n(-c2ccc(Cl)cc2)n1. The summed E-state index contributed by atoms with van der Waals surface area (Å²) in [7, 11) is 0. The average molecular weight is 420 g/mol. The highest BCUT2D eigenvalue weighted by atomic mass is 79.9. The fourth-order valence-electron chi connectivity index (χ4n) is 2.27. The molecule has 3 aromatic rings. The van der Waals surface area contributed by atoms with Crippen molar-refractivity contribution in [2.45, 2.75) is 13.3 Å². The van der Waals surface area contributed by atoms with E-state index >= 15 is 0 Å². The van der Waals surface area contributed by atoms with E-state index in [0.29, 0.717) is 17.4 Å². The average Bonchev–Trinajstić information content (AvgIpc) is 3.06. The van der Waals surface area contributed by atoms with Crippen LogP contribution in [0.25, 0.3) is 17.1 Å². The van der Waals surface area contributed by atoms with Gasteiger partial charge >= 0.3 is 0 Å². The summed E-state index contributed by atoms with van der Waals surface area (Å²) >= 11 is 9.40. The molecule has 0 aliphatic rings. The third-order valence-electron chi connectivity index (χ3n) is 3.52. The maximum absolute atomic E-state index is 12.3. The molecule has 0 aliphatic carbocycles. The van der Waals surface area contributed by atoms with Gasteiger partial charge in [0.25, 0.3) is 5.91 Å². The molecule has 1 heterocycles. The molecule has 128 valence electrons. The van der Waals surface area contributed by atoms with Crippen LogP contribution in [0.3, 0.4) is 0 Å². The molecule has 5 nitrogen and oxygen atoms in total. The van der Waals surface area contributed by atoms with E-state index in [2.05, 4.69) is 31.3 Å². The first-order valence-electron chi connectivity index (χ1n) is 7.85. The Morgan fingerprint density at radius 3 is 2.48 bits per heavy atom. The molecule has 0 radical (unpaired) electrons. The number of nitrogens with zero attached hydrogens (tertiary/aromatic N) is 3. The van der Waals surface area contributed by atoms with Crippen LogP contribution in [0, 0.1) is 0 Å². The predicted molar refractivity (Wildman–Crippen MR) is 102 cm³/mol. The number of hydrogen-bond acceptors (Lipinski definition) is 3. The zero-order valence-electron chi connectivity index (χ0n) is 13.5. The van der Waals surface area contributed by atoms with E-state index < -0.39 is 0 Å². The molecule has 0 saturated heterocycles. The van der Waals surface area contributed by atoms with Gasteiger partial charge in [0.15, 0.2) is 5.82 Å². The lowest BCUT2D eigenvalue weighted by Gasteiger charge is -2.06. The fourth-order valence-corrected chi connectivity index (χ4v) is 2.66. The van der Waals surface area contributed by atoms with Crippen molar-refractivity contribution in [1.29, 1.82) is 0 Å². The Bertz CT molecular complexity index is 812. The van der Waals surface area contributed by atoms with Gasteiger partial charge in [-0.2, -0.15) is 0 Å². The molecule has 0 bridgehead atoms. The molecular formula is C18H16BrClN4O. The van der Waals surface area contributed by atoms with Gasteiger partial charge in [-0.25, -0.2) is 9.67 Å². The molecule has 1 N–H and O–H groups in total. The Balaban J connectivity index is 2.07. The number of benzene rings is 2. The van der Waals surface area contributed by atoms with Gasteiger partial charge in [-0.15, -0.1) is 5.10 Å². The largest absolute Gasteiger partial charge is 0.349 e. The number of halogens is 2. The summed E-state index contributed by atoms with van der Waals surface area (Å²) in [5.74, 6) is 0.450. The first-order valence-corrected chi connectivity index (χ1v) is 9.02. The minimum Gasteiger partial charge on any atom is -0.349 e. The summed E-state index contributed by atoms with van der Waals surface area (Å²) in [5, 5.41) is 7.84. The molecule has 0 spiro atoms. The standard InChI is InChI=1S/C18H16BrClN4O/c1-2-11-21-18(25)16-22-17(12-3-5-13(19)6-4-12)24(23-16)15-9-7-14(20)8-10-15/h3-10H,2,11H2,1H3,(H,21,25). The van der Waals surface area contributed by atoms with Crippen LogP contribution >= 0.6 is 27.5 Å². The lowest BCUT2D eigenvalue weighted by Crippen LogP contribution is -2.25. The van der Waals surface area contributed by atoms with Crippen molar-refractivity contribution < 1.29 is 4.79 Å². The number of carbonyl (C=O) groups excluding carboxylic acids is 1. The van der Waals surface area contributed by atoms with Crippen LogP contribution < -0.4 is 5.32 Å². The quantitative estimate of drug-likeness (QED) is 0.663. The maximum atomic E-state index is 12.3. The van der Waals surface area contributed by atoms with E-state index in [1.54, 1.807) is 16.8 Å². The van der Waals surface area contributed by atoms with Crippen LogP contribution in [0.4, 0.5) is 0 Å². The van der Waals surface area contributed by atoms with Gasteiger partial charge in [0, 0.05) is 21.6 Å². The Morgan fingerprint density at radius 1 is 1.16 bits per heavy atom. The Labute approximate surface area is 159 Å². The van der Waals surface area contributed by atoms with Crippen molar-refractivity contribution in [1.82, 2.24) is 20.1 Å². The van der Waals surface area contributed by atoms with E-state index in [1.165, 1.54) is 0 Å². The van der Waals surface area contributed by atoms with Crippen LogP contribution in [0.2, 0.25) is 5.02 Å². The molecule has 1 aromatic heterocycles. The topological polar surface area (TPSA) is 59.8 Å². The van der Waals surface area contributed by atoms with Crippen molar-refractivity contribution in [2.24, 2.45) is 0 Å². The van der Waals surface area contributed by atoms with E-state index in [9.17, 15) is 4.79 Å². The smallest absolute Gasteiger partial charge is 0.290 e. The molecule has 3 rings (SSSR count). The molecule has 0 fully saturated rings. The Kier molecular flexibility index (Phi) is 5.50. The summed E-state index contributed by atoms with van der Waals surface area (Å²) in [4.78, 5) is 16.7. The van der Waals surface area contributed by atoms with Crippen LogP contribution in [-0.2, 0) is 0 Å². The molecule has 1 amide bonds. The molecular weight excluding hydrogens is 404 g/mol. The molecule has 7 heteroatoms. The monoisotopic (exact) mass is 418 g/mol. The highest BCUT2D eigenvalue weighted by molar-refractivity contribution is 9.10. The van der Waals surface area contributed by atoms with Gasteiger partial charge in [-0.1, -0.05) is 46.6 Å². The van der Waals surface area contributed by atoms with E-state index in [4.69, 9.17) is 11.6 Å². The highest BCUT2D eigenvalue weighted by Gasteiger charge is 2.18. The van der Waals surface area contributed by atoms with Crippen LogP contribution in [0.1, 0.15) is 24.0 Å². The van der Waals surface area contributed by atoms with Gasteiger partial charge in [0.05, 0.1) is 5.69 Å². The first-order chi connectivity index (χ1) is 12.1. The van der Waals surface area contributed by atoms with Gasteiger partial charge in [0.2, 0.25) is 5.82 Å². The summed E-state index contributed by atoms with van der Waals surface area (Å²) in [5.41, 5.74) is 1.64. The van der Waals surface area contributed by atoms with Gasteiger partial charge in [-0.3, -0.25) is 4.79 Å². The predicted octanol–water partition coefficient (Wildman–Crippen LogP) is 4.49. The Morgan fingerprint density at radius 2 is 1.84 bits per heavy atom. The van der Waals surface area contributed by atoms with E-state index in [1.807, 2.05) is 43.3 Å². The number of rotatable bonds is 5. The van der Waals surface area contributed by atoms with Gasteiger partial charge in [-0.05, 0) is 42.8 Å². The number of nitrogens with one attached hydrogen (secondary N) is 1. The second-order valence-corrected chi connectivity index (χ2v) is 6.76. The molecule has 25 heavy (non-hydrogen) atoms.